The zero-order valence-corrected chi connectivity index (χ0v) is 9.90. The van der Waals surface area contributed by atoms with Crippen LogP contribution >= 0.6 is 0 Å². The lowest BCUT2D eigenvalue weighted by molar-refractivity contribution is 0.194. The van der Waals surface area contributed by atoms with Crippen LogP contribution in [-0.4, -0.2) is 38.1 Å². The molecule has 14 heavy (non-hydrogen) atoms. The molecule has 0 radical (unpaired) electrons. The largest absolute Gasteiger partial charge is 0.316 e. The maximum Gasteiger partial charge on any atom is 0.0184 e. The van der Waals surface area contributed by atoms with Gasteiger partial charge in [-0.15, -0.1) is 0 Å². The maximum atomic E-state index is 3.96. The summed E-state index contributed by atoms with van der Waals surface area (Å²) in [4.78, 5) is 2.40. The summed E-state index contributed by atoms with van der Waals surface area (Å²) in [5, 5.41) is 3.47. The summed E-state index contributed by atoms with van der Waals surface area (Å²) in [6.45, 7) is 13.0. The van der Waals surface area contributed by atoms with Crippen LogP contribution < -0.4 is 5.32 Å². The number of nitrogens with zero attached hydrogens (tertiary/aromatic N) is 1. The van der Waals surface area contributed by atoms with Crippen molar-refractivity contribution in [3.63, 3.8) is 0 Å². The fourth-order valence-electron chi connectivity index (χ4n) is 2.43. The minimum atomic E-state index is 0.518. The van der Waals surface area contributed by atoms with Crippen LogP contribution in [0.5, 0.6) is 0 Å². The molecule has 1 saturated heterocycles. The van der Waals surface area contributed by atoms with Gasteiger partial charge in [0.15, 0.2) is 0 Å². The van der Waals surface area contributed by atoms with Gasteiger partial charge in [0.2, 0.25) is 0 Å². The third-order valence-electron chi connectivity index (χ3n) is 3.23. The molecule has 0 aliphatic carbocycles. The van der Waals surface area contributed by atoms with Crippen LogP contribution in [-0.2, 0) is 0 Å². The van der Waals surface area contributed by atoms with Gasteiger partial charge in [0.25, 0.3) is 0 Å². The predicted octanol–water partition coefficient (Wildman–Crippen LogP) is 1.88. The van der Waals surface area contributed by atoms with Crippen molar-refractivity contribution >= 4 is 0 Å². The number of nitrogens with one attached hydrogen (secondary N) is 1. The van der Waals surface area contributed by atoms with Crippen molar-refractivity contribution in [2.75, 3.05) is 33.2 Å². The van der Waals surface area contributed by atoms with Crippen molar-refractivity contribution in [1.82, 2.24) is 10.2 Å². The summed E-state index contributed by atoms with van der Waals surface area (Å²) in [5.74, 6) is 0. The highest BCUT2D eigenvalue weighted by Gasteiger charge is 2.32. The van der Waals surface area contributed by atoms with Crippen molar-refractivity contribution < 1.29 is 0 Å². The molecule has 0 spiro atoms. The van der Waals surface area contributed by atoms with Crippen molar-refractivity contribution in [2.24, 2.45) is 5.41 Å². The Kier molecular flexibility index (Phi) is 4.14. The van der Waals surface area contributed by atoms with Crippen molar-refractivity contribution in [1.29, 1.82) is 0 Å². The van der Waals surface area contributed by atoms with Gasteiger partial charge in [-0.1, -0.05) is 19.1 Å². The summed E-state index contributed by atoms with van der Waals surface area (Å²) in [6, 6.07) is 0. The molecular formula is C12H24N2. The Morgan fingerprint density at radius 3 is 2.71 bits per heavy atom. The molecular weight excluding hydrogens is 172 g/mol. The molecule has 0 aromatic heterocycles. The van der Waals surface area contributed by atoms with Crippen LogP contribution in [0, 0.1) is 5.41 Å². The van der Waals surface area contributed by atoms with Crippen LogP contribution in [0.15, 0.2) is 12.2 Å². The molecule has 1 fully saturated rings. The quantitative estimate of drug-likeness (QED) is 0.675. The molecule has 0 aromatic carbocycles. The minimum absolute atomic E-state index is 0.518. The molecule has 0 bridgehead atoms. The maximum absolute atomic E-state index is 3.96. The number of likely N-dealkylation sites (N-methyl/N-ethyl adjacent to an activating group) is 1. The SMILES string of the molecule is C=C(C)CN(C)CC1(CC)CCNC1. The second-order valence-electron chi connectivity index (χ2n) is 4.91. The third-order valence-corrected chi connectivity index (χ3v) is 3.23. The van der Waals surface area contributed by atoms with E-state index in [0.29, 0.717) is 5.41 Å². The summed E-state index contributed by atoms with van der Waals surface area (Å²) in [7, 11) is 2.20. The molecule has 2 heteroatoms. The van der Waals surface area contributed by atoms with Gasteiger partial charge in [-0.3, -0.25) is 0 Å². The molecule has 0 aromatic rings. The second kappa shape index (κ2) is 4.94. The van der Waals surface area contributed by atoms with E-state index in [-0.39, 0.29) is 0 Å². The molecule has 1 aliphatic heterocycles. The molecule has 1 heterocycles. The lowest BCUT2D eigenvalue weighted by Gasteiger charge is -2.32. The molecule has 1 unspecified atom stereocenters. The zero-order valence-electron chi connectivity index (χ0n) is 9.90. The first-order chi connectivity index (χ1) is 6.58. The Morgan fingerprint density at radius 1 is 1.57 bits per heavy atom. The van der Waals surface area contributed by atoms with E-state index in [1.165, 1.54) is 38.0 Å². The highest BCUT2D eigenvalue weighted by Crippen LogP contribution is 2.30. The van der Waals surface area contributed by atoms with Crippen LogP contribution in [0.2, 0.25) is 0 Å². The third kappa shape index (κ3) is 3.10. The van der Waals surface area contributed by atoms with E-state index in [9.17, 15) is 0 Å². The first-order valence-corrected chi connectivity index (χ1v) is 5.62. The van der Waals surface area contributed by atoms with Gasteiger partial charge < -0.3 is 10.2 Å². The minimum Gasteiger partial charge on any atom is -0.316 e. The first-order valence-electron chi connectivity index (χ1n) is 5.62. The van der Waals surface area contributed by atoms with Gasteiger partial charge in [0.05, 0.1) is 0 Å². The molecule has 82 valence electrons. The summed E-state index contributed by atoms with van der Waals surface area (Å²) in [6.07, 6.45) is 2.60. The van der Waals surface area contributed by atoms with E-state index >= 15 is 0 Å². The standard InChI is InChI=1S/C12H24N2/c1-5-12(6-7-13-9-12)10-14(4)8-11(2)3/h13H,2,5-10H2,1,3-4H3. The van der Waals surface area contributed by atoms with Crippen molar-refractivity contribution in [3.8, 4) is 0 Å². The average molecular weight is 196 g/mol. The zero-order chi connectivity index (χ0) is 10.6. The Balaban J connectivity index is 2.43. The average Bonchev–Trinajstić information content (AvgIpc) is 2.52. The highest BCUT2D eigenvalue weighted by atomic mass is 15.1. The molecule has 1 N–H and O–H groups in total. The van der Waals surface area contributed by atoms with E-state index in [4.69, 9.17) is 0 Å². The number of hydrogen-bond acceptors (Lipinski definition) is 2. The van der Waals surface area contributed by atoms with Crippen molar-refractivity contribution in [2.45, 2.75) is 26.7 Å². The topological polar surface area (TPSA) is 15.3 Å². The van der Waals surface area contributed by atoms with E-state index in [1.807, 2.05) is 0 Å². The predicted molar refractivity (Wildman–Crippen MR) is 62.5 cm³/mol. The lowest BCUT2D eigenvalue weighted by atomic mass is 9.84. The Bertz CT molecular complexity index is 192. The molecule has 1 rings (SSSR count). The van der Waals surface area contributed by atoms with Crippen molar-refractivity contribution in [3.05, 3.63) is 12.2 Å². The second-order valence-corrected chi connectivity index (χ2v) is 4.91. The molecule has 2 nitrogen and oxygen atoms in total. The summed E-state index contributed by atoms with van der Waals surface area (Å²) < 4.78 is 0. The van der Waals surface area contributed by atoms with Gasteiger partial charge in [0.1, 0.15) is 0 Å². The van der Waals surface area contributed by atoms with Gasteiger partial charge in [0, 0.05) is 19.6 Å². The van der Waals surface area contributed by atoms with Gasteiger partial charge in [-0.2, -0.15) is 0 Å². The lowest BCUT2D eigenvalue weighted by Crippen LogP contribution is -2.37. The van der Waals surface area contributed by atoms with Gasteiger partial charge in [-0.25, -0.2) is 0 Å². The van der Waals surface area contributed by atoms with Crippen LogP contribution in [0.25, 0.3) is 0 Å². The highest BCUT2D eigenvalue weighted by molar-refractivity contribution is 4.94. The van der Waals surface area contributed by atoms with Crippen LogP contribution in [0.4, 0.5) is 0 Å². The Hall–Kier alpha value is -0.340. The van der Waals surface area contributed by atoms with Gasteiger partial charge >= 0.3 is 0 Å². The fraction of sp³-hybridized carbons (Fsp3) is 0.833. The van der Waals surface area contributed by atoms with E-state index in [2.05, 4.69) is 37.7 Å². The summed E-state index contributed by atoms with van der Waals surface area (Å²) >= 11 is 0. The fourth-order valence-corrected chi connectivity index (χ4v) is 2.43. The van der Waals surface area contributed by atoms with E-state index < -0.39 is 0 Å². The number of hydrogen-bond donors (Lipinski definition) is 1. The molecule has 1 aliphatic rings. The van der Waals surface area contributed by atoms with E-state index in [1.54, 1.807) is 0 Å². The van der Waals surface area contributed by atoms with Crippen LogP contribution in [0.3, 0.4) is 0 Å². The smallest absolute Gasteiger partial charge is 0.0184 e. The molecule has 0 amide bonds. The normalized spacial score (nSPS) is 27.1. The van der Waals surface area contributed by atoms with Gasteiger partial charge in [-0.05, 0) is 38.8 Å². The van der Waals surface area contributed by atoms with E-state index in [0.717, 1.165) is 6.54 Å². The number of rotatable bonds is 5. The summed E-state index contributed by atoms with van der Waals surface area (Å²) in [5.41, 5.74) is 1.77. The first kappa shape index (κ1) is 11.7. The Morgan fingerprint density at radius 2 is 2.29 bits per heavy atom. The molecule has 1 atom stereocenters. The van der Waals surface area contributed by atoms with Crippen LogP contribution in [0.1, 0.15) is 26.7 Å². The Labute approximate surface area is 88.4 Å². The monoisotopic (exact) mass is 196 g/mol. The molecule has 0 saturated carbocycles.